The quantitative estimate of drug-likeness (QED) is 0.924. The van der Waals surface area contributed by atoms with Gasteiger partial charge in [-0.05, 0) is 47.1 Å². The van der Waals surface area contributed by atoms with Crippen LogP contribution in [0.3, 0.4) is 0 Å². The summed E-state index contributed by atoms with van der Waals surface area (Å²) < 4.78 is 1.98. The molecule has 90 valence electrons. The molecule has 5 nitrogen and oxygen atoms in total. The fourth-order valence-electron chi connectivity index (χ4n) is 1.55. The monoisotopic (exact) mass is 305 g/mol. The van der Waals surface area contributed by atoms with Crippen molar-refractivity contribution in [1.29, 1.82) is 5.26 Å². The zero-order valence-electron chi connectivity index (χ0n) is 9.38. The highest BCUT2D eigenvalue weighted by Gasteiger charge is 2.18. The number of carbonyl (C=O) groups is 1. The second kappa shape index (κ2) is 4.63. The van der Waals surface area contributed by atoms with E-state index in [1.165, 1.54) is 4.68 Å². The third-order valence-electron chi connectivity index (χ3n) is 2.49. The normalized spacial score (nSPS) is 10.1. The second-order valence-corrected chi connectivity index (χ2v) is 4.42. The summed E-state index contributed by atoms with van der Waals surface area (Å²) in [7, 11) is 0. The first-order valence-corrected chi connectivity index (χ1v) is 5.83. The van der Waals surface area contributed by atoms with Gasteiger partial charge in [-0.3, -0.25) is 0 Å². The predicted molar refractivity (Wildman–Crippen MR) is 67.7 cm³/mol. The summed E-state index contributed by atoms with van der Waals surface area (Å²) in [6.45, 7) is 1.77. The van der Waals surface area contributed by atoms with Gasteiger partial charge in [-0.15, -0.1) is 0 Å². The number of carboxylic acid groups (broad SMARTS) is 1. The van der Waals surface area contributed by atoms with E-state index in [0.717, 1.165) is 0 Å². The Morgan fingerprint density at radius 1 is 1.44 bits per heavy atom. The lowest BCUT2D eigenvalue weighted by Gasteiger charge is -2.03. The fourth-order valence-corrected chi connectivity index (χ4v) is 1.97. The van der Waals surface area contributed by atoms with E-state index in [0.29, 0.717) is 21.4 Å². The van der Waals surface area contributed by atoms with Gasteiger partial charge in [0.2, 0.25) is 0 Å². The van der Waals surface area contributed by atoms with Crippen LogP contribution in [0.15, 0.2) is 28.7 Å². The van der Waals surface area contributed by atoms with E-state index >= 15 is 0 Å². The molecular formula is C12H8BrN3O2. The largest absolute Gasteiger partial charge is 0.476 e. The van der Waals surface area contributed by atoms with Crippen LogP contribution < -0.4 is 0 Å². The Bertz CT molecular complexity index is 653. The average molecular weight is 306 g/mol. The molecule has 1 aromatic carbocycles. The van der Waals surface area contributed by atoms with Gasteiger partial charge in [-0.2, -0.15) is 10.4 Å². The van der Waals surface area contributed by atoms with Gasteiger partial charge in [0, 0.05) is 0 Å². The van der Waals surface area contributed by atoms with Crippen molar-refractivity contribution in [2.75, 3.05) is 0 Å². The molecule has 0 aliphatic heterocycles. The summed E-state index contributed by atoms with van der Waals surface area (Å²) in [5.41, 5.74) is 1.91. The molecule has 0 amide bonds. The van der Waals surface area contributed by atoms with Crippen molar-refractivity contribution in [1.82, 2.24) is 9.78 Å². The van der Waals surface area contributed by atoms with Crippen molar-refractivity contribution in [3.63, 3.8) is 0 Å². The number of benzene rings is 1. The van der Waals surface area contributed by atoms with E-state index in [9.17, 15) is 4.79 Å². The van der Waals surface area contributed by atoms with Gasteiger partial charge >= 0.3 is 5.97 Å². The maximum absolute atomic E-state index is 11.0. The maximum atomic E-state index is 11.0. The Kier molecular flexibility index (Phi) is 3.17. The van der Waals surface area contributed by atoms with Crippen molar-refractivity contribution < 1.29 is 9.90 Å². The van der Waals surface area contributed by atoms with Crippen molar-refractivity contribution in [2.24, 2.45) is 0 Å². The number of nitriles is 1. The first kappa shape index (κ1) is 12.3. The van der Waals surface area contributed by atoms with Crippen LogP contribution in [0.5, 0.6) is 0 Å². The fraction of sp³-hybridized carbons (Fsp3) is 0.0833. The lowest BCUT2D eigenvalue weighted by Crippen LogP contribution is -2.02. The maximum Gasteiger partial charge on any atom is 0.357 e. The molecule has 0 aliphatic carbocycles. The molecule has 18 heavy (non-hydrogen) atoms. The van der Waals surface area contributed by atoms with Crippen molar-refractivity contribution in [3.05, 3.63) is 45.7 Å². The first-order chi connectivity index (χ1) is 8.54. The summed E-state index contributed by atoms with van der Waals surface area (Å²) >= 11 is 3.21. The van der Waals surface area contributed by atoms with Crippen LogP contribution in [-0.4, -0.2) is 20.9 Å². The molecular weight excluding hydrogens is 298 g/mol. The highest BCUT2D eigenvalue weighted by Crippen LogP contribution is 2.23. The standard InChI is InChI=1S/C12H8BrN3O2/c1-7-10(13)11(12(17)18)15-16(7)9-4-2-8(6-14)3-5-9/h2-5H,1H3,(H,17,18). The van der Waals surface area contributed by atoms with Crippen LogP contribution in [-0.2, 0) is 0 Å². The molecule has 0 spiro atoms. The van der Waals surface area contributed by atoms with Crippen molar-refractivity contribution in [3.8, 4) is 11.8 Å². The van der Waals surface area contributed by atoms with E-state index in [4.69, 9.17) is 10.4 Å². The minimum atomic E-state index is -1.09. The van der Waals surface area contributed by atoms with Crippen LogP contribution in [0.1, 0.15) is 21.7 Å². The zero-order chi connectivity index (χ0) is 13.3. The first-order valence-electron chi connectivity index (χ1n) is 5.03. The van der Waals surface area contributed by atoms with Gasteiger partial charge in [-0.1, -0.05) is 0 Å². The van der Waals surface area contributed by atoms with Crippen LogP contribution in [0.25, 0.3) is 5.69 Å². The molecule has 1 heterocycles. The topological polar surface area (TPSA) is 78.9 Å². The highest BCUT2D eigenvalue weighted by atomic mass is 79.9. The van der Waals surface area contributed by atoms with Crippen LogP contribution in [0.4, 0.5) is 0 Å². The van der Waals surface area contributed by atoms with Crippen LogP contribution in [0.2, 0.25) is 0 Å². The number of aromatic nitrogens is 2. The molecule has 0 atom stereocenters. The molecule has 2 rings (SSSR count). The van der Waals surface area contributed by atoms with E-state index < -0.39 is 5.97 Å². The number of carboxylic acids is 1. The number of nitrogens with zero attached hydrogens (tertiary/aromatic N) is 3. The van der Waals surface area contributed by atoms with Crippen molar-refractivity contribution >= 4 is 21.9 Å². The smallest absolute Gasteiger partial charge is 0.357 e. The molecule has 0 saturated heterocycles. The number of aromatic carboxylic acids is 1. The summed E-state index contributed by atoms with van der Waals surface area (Å²) in [6.07, 6.45) is 0. The van der Waals surface area contributed by atoms with E-state index in [2.05, 4.69) is 21.0 Å². The minimum absolute atomic E-state index is 0.0307. The summed E-state index contributed by atoms with van der Waals surface area (Å²) in [4.78, 5) is 11.0. The van der Waals surface area contributed by atoms with Crippen molar-refractivity contribution in [2.45, 2.75) is 6.92 Å². The van der Waals surface area contributed by atoms with Gasteiger partial charge in [0.1, 0.15) is 0 Å². The van der Waals surface area contributed by atoms with Gasteiger partial charge < -0.3 is 5.11 Å². The predicted octanol–water partition coefficient (Wildman–Crippen LogP) is 2.51. The molecule has 0 aliphatic rings. The number of rotatable bonds is 2. The van der Waals surface area contributed by atoms with E-state index in [1.54, 1.807) is 31.2 Å². The minimum Gasteiger partial charge on any atom is -0.476 e. The van der Waals surface area contributed by atoms with Gasteiger partial charge in [0.25, 0.3) is 0 Å². The zero-order valence-corrected chi connectivity index (χ0v) is 11.0. The SMILES string of the molecule is Cc1c(Br)c(C(=O)O)nn1-c1ccc(C#N)cc1. The summed E-state index contributed by atoms with van der Waals surface area (Å²) in [5.74, 6) is -1.09. The average Bonchev–Trinajstić information content (AvgIpc) is 2.67. The Labute approximate surface area is 111 Å². The molecule has 0 radical (unpaired) electrons. The lowest BCUT2D eigenvalue weighted by molar-refractivity contribution is 0.0689. The van der Waals surface area contributed by atoms with Gasteiger partial charge in [0.15, 0.2) is 5.69 Å². The van der Waals surface area contributed by atoms with Crippen LogP contribution in [0, 0.1) is 18.3 Å². The third-order valence-corrected chi connectivity index (χ3v) is 3.44. The molecule has 0 saturated carbocycles. The molecule has 0 fully saturated rings. The van der Waals surface area contributed by atoms with Gasteiger partial charge in [0.05, 0.1) is 27.5 Å². The molecule has 2 aromatic rings. The summed E-state index contributed by atoms with van der Waals surface area (Å²) in [5, 5.41) is 21.7. The number of halogens is 1. The molecule has 6 heteroatoms. The Hall–Kier alpha value is -2.13. The van der Waals surface area contributed by atoms with Crippen LogP contribution >= 0.6 is 15.9 Å². The summed E-state index contributed by atoms with van der Waals surface area (Å²) in [6, 6.07) is 8.77. The van der Waals surface area contributed by atoms with E-state index in [-0.39, 0.29) is 5.69 Å². The Morgan fingerprint density at radius 3 is 2.50 bits per heavy atom. The van der Waals surface area contributed by atoms with Gasteiger partial charge in [-0.25, -0.2) is 9.48 Å². The third kappa shape index (κ3) is 2.00. The molecule has 0 bridgehead atoms. The number of hydrogen-bond acceptors (Lipinski definition) is 3. The Balaban J connectivity index is 2.54. The van der Waals surface area contributed by atoms with E-state index in [1.807, 2.05) is 6.07 Å². The lowest BCUT2D eigenvalue weighted by atomic mass is 10.2. The Morgan fingerprint density at radius 2 is 2.06 bits per heavy atom. The second-order valence-electron chi connectivity index (χ2n) is 3.62. The molecule has 1 aromatic heterocycles. The highest BCUT2D eigenvalue weighted by molar-refractivity contribution is 9.10. The molecule has 1 N–H and O–H groups in total. The number of hydrogen-bond donors (Lipinski definition) is 1. The molecule has 0 unspecified atom stereocenters.